The van der Waals surface area contributed by atoms with Crippen molar-refractivity contribution in [3.05, 3.63) is 28.5 Å². The number of aromatic nitrogens is 1. The van der Waals surface area contributed by atoms with Gasteiger partial charge >= 0.3 is 0 Å². The number of halogens is 1. The van der Waals surface area contributed by atoms with Crippen LogP contribution in [0.4, 0.5) is 0 Å². The summed E-state index contributed by atoms with van der Waals surface area (Å²) in [5, 5.41) is 0. The third-order valence-electron chi connectivity index (χ3n) is 1.02. The quantitative estimate of drug-likeness (QED) is 0.735. The van der Waals surface area contributed by atoms with E-state index in [1.54, 1.807) is 6.20 Å². The van der Waals surface area contributed by atoms with E-state index in [4.69, 9.17) is 0 Å². The van der Waals surface area contributed by atoms with Gasteiger partial charge in [0.2, 0.25) is 0 Å². The van der Waals surface area contributed by atoms with E-state index in [2.05, 4.69) is 20.9 Å². The molecule has 0 N–H and O–H groups in total. The van der Waals surface area contributed by atoms with Crippen LogP contribution in [0.3, 0.4) is 0 Å². The van der Waals surface area contributed by atoms with Crippen molar-refractivity contribution in [3.63, 3.8) is 0 Å². The molecule has 0 bridgehead atoms. The van der Waals surface area contributed by atoms with Crippen LogP contribution in [0.15, 0.2) is 22.8 Å². The van der Waals surface area contributed by atoms with E-state index in [1.807, 2.05) is 12.1 Å². The third-order valence-corrected chi connectivity index (χ3v) is 1.94. The SMILES string of the molecule is C.O=PCc1ccc(Br)cn1. The van der Waals surface area contributed by atoms with E-state index in [0.29, 0.717) is 6.16 Å². The highest BCUT2D eigenvalue weighted by Gasteiger charge is 1.91. The Labute approximate surface area is 76.4 Å². The third kappa shape index (κ3) is 3.59. The molecule has 1 aromatic heterocycles. The number of pyridine rings is 1. The molecule has 2 nitrogen and oxygen atoms in total. The Morgan fingerprint density at radius 3 is 2.73 bits per heavy atom. The molecule has 0 saturated heterocycles. The Morgan fingerprint density at radius 1 is 1.55 bits per heavy atom. The fraction of sp³-hybridized carbons (Fsp3) is 0.286. The molecule has 0 aliphatic rings. The van der Waals surface area contributed by atoms with Gasteiger partial charge in [-0.25, -0.2) is 0 Å². The van der Waals surface area contributed by atoms with E-state index in [1.165, 1.54) is 0 Å². The van der Waals surface area contributed by atoms with Gasteiger partial charge in [0.05, 0.1) is 11.9 Å². The first-order valence-corrected chi connectivity index (χ1v) is 4.51. The lowest BCUT2D eigenvalue weighted by Crippen LogP contribution is -1.81. The van der Waals surface area contributed by atoms with Crippen molar-refractivity contribution in [2.24, 2.45) is 0 Å². The van der Waals surface area contributed by atoms with Crippen LogP contribution in [0.5, 0.6) is 0 Å². The van der Waals surface area contributed by atoms with E-state index < -0.39 is 0 Å². The molecule has 0 radical (unpaired) electrons. The molecule has 1 aromatic rings. The number of rotatable bonds is 2. The zero-order valence-corrected chi connectivity index (χ0v) is 7.60. The maximum Gasteiger partial charge on any atom is 0.161 e. The van der Waals surface area contributed by atoms with Crippen LogP contribution >= 0.6 is 24.4 Å². The number of hydrogen-bond acceptors (Lipinski definition) is 2. The Bertz CT molecular complexity index is 224. The Hall–Kier alpha value is -0.270. The lowest BCUT2D eigenvalue weighted by Gasteiger charge is -1.91. The summed E-state index contributed by atoms with van der Waals surface area (Å²) < 4.78 is 11.0. The minimum atomic E-state index is 0. The van der Waals surface area contributed by atoms with Gasteiger partial charge in [-0.15, -0.1) is 0 Å². The molecule has 0 fully saturated rings. The van der Waals surface area contributed by atoms with Crippen molar-refractivity contribution in [1.29, 1.82) is 0 Å². The molecule has 11 heavy (non-hydrogen) atoms. The summed E-state index contributed by atoms with van der Waals surface area (Å²) in [6.07, 6.45) is 2.19. The molecule has 0 spiro atoms. The normalized spacial score (nSPS) is 9.18. The minimum Gasteiger partial charge on any atom is -0.275 e. The second-order valence-corrected chi connectivity index (χ2v) is 3.25. The average molecular weight is 234 g/mol. The predicted molar refractivity (Wildman–Crippen MR) is 50.0 cm³/mol. The number of nitrogens with zero attached hydrogens (tertiary/aromatic N) is 1. The van der Waals surface area contributed by atoms with E-state index >= 15 is 0 Å². The van der Waals surface area contributed by atoms with Crippen LogP contribution < -0.4 is 0 Å². The molecule has 0 saturated carbocycles. The summed E-state index contributed by atoms with van der Waals surface area (Å²) in [7, 11) is 0.118. The van der Waals surface area contributed by atoms with Gasteiger partial charge < -0.3 is 0 Å². The van der Waals surface area contributed by atoms with Gasteiger partial charge in [-0.1, -0.05) is 7.43 Å². The molecule has 0 aliphatic carbocycles. The standard InChI is InChI=1S/C6H5BrNOP.CH4/c7-5-1-2-6(4-10-9)8-3-5;/h1-3H,4H2;1H4. The summed E-state index contributed by atoms with van der Waals surface area (Å²) in [6.45, 7) is 0. The molecule has 0 atom stereocenters. The average Bonchev–Trinajstić information content (AvgIpc) is 1.95. The summed E-state index contributed by atoms with van der Waals surface area (Å²) in [5.41, 5.74) is 0.847. The lowest BCUT2D eigenvalue weighted by molar-refractivity contribution is 0.598. The maximum atomic E-state index is 10.1. The van der Waals surface area contributed by atoms with Crippen LogP contribution in [0.2, 0.25) is 0 Å². The van der Waals surface area contributed by atoms with Crippen LogP contribution in [-0.4, -0.2) is 4.98 Å². The molecule has 4 heteroatoms. The largest absolute Gasteiger partial charge is 0.275 e. The van der Waals surface area contributed by atoms with Gasteiger partial charge in [0.1, 0.15) is 0 Å². The smallest absolute Gasteiger partial charge is 0.161 e. The summed E-state index contributed by atoms with van der Waals surface area (Å²) in [6, 6.07) is 3.72. The highest BCUT2D eigenvalue weighted by Crippen LogP contribution is 2.10. The van der Waals surface area contributed by atoms with Crippen molar-refractivity contribution in [3.8, 4) is 0 Å². The molecule has 0 amide bonds. The molecular formula is C7H9BrNOP. The van der Waals surface area contributed by atoms with Crippen LogP contribution in [0, 0.1) is 0 Å². The van der Waals surface area contributed by atoms with Crippen molar-refractivity contribution in [1.82, 2.24) is 4.98 Å². The molecule has 0 aromatic carbocycles. The fourth-order valence-electron chi connectivity index (χ4n) is 0.566. The molecule has 0 unspecified atom stereocenters. The van der Waals surface area contributed by atoms with Crippen molar-refractivity contribution < 1.29 is 4.57 Å². The minimum absolute atomic E-state index is 0. The van der Waals surface area contributed by atoms with Gasteiger partial charge in [0.25, 0.3) is 0 Å². The van der Waals surface area contributed by atoms with Gasteiger partial charge in [-0.05, 0) is 28.1 Å². The van der Waals surface area contributed by atoms with Crippen molar-refractivity contribution >= 4 is 24.4 Å². The predicted octanol–water partition coefficient (Wildman–Crippen LogP) is 3.27. The fourth-order valence-corrected chi connectivity index (χ4v) is 1.12. The Kier molecular flexibility index (Phi) is 5.26. The molecule has 60 valence electrons. The first kappa shape index (κ1) is 10.7. The monoisotopic (exact) mass is 233 g/mol. The van der Waals surface area contributed by atoms with Crippen LogP contribution in [0.1, 0.15) is 13.1 Å². The highest BCUT2D eigenvalue weighted by atomic mass is 79.9. The topological polar surface area (TPSA) is 30.0 Å². The zero-order chi connectivity index (χ0) is 7.40. The van der Waals surface area contributed by atoms with Crippen LogP contribution in [-0.2, 0) is 10.7 Å². The van der Waals surface area contributed by atoms with Gasteiger partial charge in [-0.3, -0.25) is 9.55 Å². The van der Waals surface area contributed by atoms with Crippen molar-refractivity contribution in [2.75, 3.05) is 0 Å². The first-order chi connectivity index (χ1) is 4.83. The second kappa shape index (κ2) is 5.39. The highest BCUT2D eigenvalue weighted by molar-refractivity contribution is 9.10. The molecule has 1 rings (SSSR count). The van der Waals surface area contributed by atoms with Gasteiger partial charge in [0, 0.05) is 10.7 Å². The second-order valence-electron chi connectivity index (χ2n) is 1.75. The molecule has 0 aliphatic heterocycles. The van der Waals surface area contributed by atoms with E-state index in [9.17, 15) is 4.57 Å². The summed E-state index contributed by atoms with van der Waals surface area (Å²) in [4.78, 5) is 4.01. The maximum absolute atomic E-state index is 10.1. The Morgan fingerprint density at radius 2 is 2.27 bits per heavy atom. The summed E-state index contributed by atoms with van der Waals surface area (Å²) in [5.74, 6) is 0. The van der Waals surface area contributed by atoms with E-state index in [-0.39, 0.29) is 15.9 Å². The van der Waals surface area contributed by atoms with E-state index in [0.717, 1.165) is 10.2 Å². The van der Waals surface area contributed by atoms with Crippen molar-refractivity contribution in [2.45, 2.75) is 13.6 Å². The van der Waals surface area contributed by atoms with Crippen LogP contribution in [0.25, 0.3) is 0 Å². The first-order valence-electron chi connectivity index (χ1n) is 2.72. The number of hydrogen-bond donors (Lipinski definition) is 0. The van der Waals surface area contributed by atoms with Gasteiger partial charge in [0.15, 0.2) is 8.46 Å². The Balaban J connectivity index is 0.000001000. The summed E-state index contributed by atoms with van der Waals surface area (Å²) >= 11 is 3.25. The lowest BCUT2D eigenvalue weighted by atomic mass is 10.4. The molecular weight excluding hydrogens is 225 g/mol. The van der Waals surface area contributed by atoms with Gasteiger partial charge in [-0.2, -0.15) is 0 Å². The molecule has 1 heterocycles. The zero-order valence-electron chi connectivity index (χ0n) is 5.12.